The van der Waals surface area contributed by atoms with Crippen LogP contribution in [0.4, 0.5) is 0 Å². The zero-order valence-corrected chi connectivity index (χ0v) is 6.50. The van der Waals surface area contributed by atoms with Crippen LogP contribution in [0, 0.1) is 18.3 Å². The van der Waals surface area contributed by atoms with Crippen molar-refractivity contribution >= 4 is 10.9 Å². The maximum atomic E-state index is 8.58. The highest BCUT2D eigenvalue weighted by Gasteiger charge is 2.01. The number of rotatable bonds is 0. The van der Waals surface area contributed by atoms with E-state index in [9.17, 15) is 0 Å². The molecule has 0 amide bonds. The van der Waals surface area contributed by atoms with Gasteiger partial charge in [0.2, 0.25) is 0 Å². The molecule has 2 aromatic heterocycles. The van der Waals surface area contributed by atoms with E-state index in [1.165, 1.54) is 0 Å². The third-order valence-corrected chi connectivity index (χ3v) is 1.75. The monoisotopic (exact) mass is 158 g/mol. The largest absolute Gasteiger partial charge is 0.276 e. The van der Waals surface area contributed by atoms with Crippen molar-refractivity contribution in [3.8, 4) is 6.07 Å². The molecule has 0 saturated carbocycles. The van der Waals surface area contributed by atoms with Crippen molar-refractivity contribution in [1.29, 1.82) is 5.26 Å². The van der Waals surface area contributed by atoms with Gasteiger partial charge in [0.25, 0.3) is 0 Å². The van der Waals surface area contributed by atoms with E-state index in [0.29, 0.717) is 5.69 Å². The molecule has 0 aliphatic heterocycles. The Kier molecular flexibility index (Phi) is 1.31. The molecule has 2 aromatic rings. The first-order valence-electron chi connectivity index (χ1n) is 3.52. The predicted molar refractivity (Wildman–Crippen MR) is 43.3 cm³/mol. The molecule has 0 bridgehead atoms. The van der Waals surface area contributed by atoms with Crippen molar-refractivity contribution in [1.82, 2.24) is 15.2 Å². The van der Waals surface area contributed by atoms with Crippen LogP contribution in [-0.2, 0) is 0 Å². The summed E-state index contributed by atoms with van der Waals surface area (Å²) < 4.78 is 0. The minimum Gasteiger partial charge on any atom is -0.276 e. The summed E-state index contributed by atoms with van der Waals surface area (Å²) in [5.41, 5.74) is 2.18. The molecule has 0 aliphatic carbocycles. The first-order valence-corrected chi connectivity index (χ1v) is 3.52. The highest BCUT2D eigenvalue weighted by Crippen LogP contribution is 2.13. The number of aryl methyl sites for hydroxylation is 1. The molecule has 12 heavy (non-hydrogen) atoms. The standard InChI is InChI=1S/C8H6N4/c1-5-7-2-6(3-9)10-4-8(7)12-11-5/h2,4H,1H3,(H,11,12). The minimum atomic E-state index is 0.423. The van der Waals surface area contributed by atoms with Gasteiger partial charge in [0.15, 0.2) is 0 Å². The molecule has 0 spiro atoms. The Morgan fingerprint density at radius 2 is 2.42 bits per heavy atom. The van der Waals surface area contributed by atoms with Gasteiger partial charge in [0, 0.05) is 5.39 Å². The molecule has 0 radical (unpaired) electrons. The van der Waals surface area contributed by atoms with Gasteiger partial charge >= 0.3 is 0 Å². The zero-order chi connectivity index (χ0) is 8.55. The Morgan fingerprint density at radius 1 is 1.58 bits per heavy atom. The number of aromatic nitrogens is 3. The van der Waals surface area contributed by atoms with Gasteiger partial charge in [-0.1, -0.05) is 0 Å². The quantitative estimate of drug-likeness (QED) is 0.625. The van der Waals surface area contributed by atoms with Crippen molar-refractivity contribution in [2.24, 2.45) is 0 Å². The van der Waals surface area contributed by atoms with Crippen LogP contribution in [0.2, 0.25) is 0 Å². The zero-order valence-electron chi connectivity index (χ0n) is 6.50. The molecule has 1 N–H and O–H groups in total. The summed E-state index contributed by atoms with van der Waals surface area (Å²) in [6.45, 7) is 1.89. The van der Waals surface area contributed by atoms with Crippen LogP contribution in [0.3, 0.4) is 0 Å². The van der Waals surface area contributed by atoms with Crippen LogP contribution in [0.5, 0.6) is 0 Å². The van der Waals surface area contributed by atoms with Crippen LogP contribution < -0.4 is 0 Å². The summed E-state index contributed by atoms with van der Waals surface area (Å²) in [5, 5.41) is 16.4. The average Bonchev–Trinajstić information content (AvgIpc) is 2.47. The Balaban J connectivity index is 2.82. The molecule has 0 fully saturated rings. The van der Waals surface area contributed by atoms with Gasteiger partial charge < -0.3 is 0 Å². The number of H-pyrrole nitrogens is 1. The van der Waals surface area contributed by atoms with Crippen molar-refractivity contribution in [3.05, 3.63) is 23.7 Å². The molecule has 58 valence electrons. The fourth-order valence-electron chi connectivity index (χ4n) is 1.11. The number of pyridine rings is 1. The second-order valence-electron chi connectivity index (χ2n) is 2.54. The number of nitrogens with zero attached hydrogens (tertiary/aromatic N) is 3. The minimum absolute atomic E-state index is 0.423. The Morgan fingerprint density at radius 3 is 3.17 bits per heavy atom. The van der Waals surface area contributed by atoms with Gasteiger partial charge in [-0.05, 0) is 13.0 Å². The molecule has 2 heterocycles. The first-order chi connectivity index (χ1) is 5.81. The molecule has 0 unspecified atom stereocenters. The third-order valence-electron chi connectivity index (χ3n) is 1.75. The SMILES string of the molecule is Cc1n[nH]c2cnc(C#N)cc12. The van der Waals surface area contributed by atoms with Crippen molar-refractivity contribution < 1.29 is 0 Å². The molecule has 4 heteroatoms. The summed E-state index contributed by atoms with van der Waals surface area (Å²) >= 11 is 0. The fraction of sp³-hybridized carbons (Fsp3) is 0.125. The normalized spacial score (nSPS) is 10.0. The summed E-state index contributed by atoms with van der Waals surface area (Å²) in [4.78, 5) is 3.91. The van der Waals surface area contributed by atoms with Crippen LogP contribution in [0.1, 0.15) is 11.4 Å². The number of hydrogen-bond donors (Lipinski definition) is 1. The number of nitriles is 1. The van der Waals surface area contributed by atoms with E-state index >= 15 is 0 Å². The fourth-order valence-corrected chi connectivity index (χ4v) is 1.11. The van der Waals surface area contributed by atoms with Gasteiger partial charge in [0.05, 0.1) is 17.4 Å². The van der Waals surface area contributed by atoms with Gasteiger partial charge in [-0.25, -0.2) is 4.98 Å². The first kappa shape index (κ1) is 6.80. The van der Waals surface area contributed by atoms with Crippen LogP contribution in [0.25, 0.3) is 10.9 Å². The number of fused-ring (bicyclic) bond motifs is 1. The molecule has 0 aliphatic rings. The molecule has 2 rings (SSSR count). The summed E-state index contributed by atoms with van der Waals surface area (Å²) in [5.74, 6) is 0. The molecule has 0 aromatic carbocycles. The Hall–Kier alpha value is -1.89. The van der Waals surface area contributed by atoms with E-state index in [1.54, 1.807) is 12.3 Å². The van der Waals surface area contributed by atoms with Crippen molar-refractivity contribution in [2.75, 3.05) is 0 Å². The highest BCUT2D eigenvalue weighted by atomic mass is 15.1. The van der Waals surface area contributed by atoms with E-state index in [2.05, 4.69) is 15.2 Å². The molecule has 4 nitrogen and oxygen atoms in total. The van der Waals surface area contributed by atoms with Gasteiger partial charge in [-0.3, -0.25) is 5.10 Å². The maximum Gasteiger partial charge on any atom is 0.141 e. The van der Waals surface area contributed by atoms with Gasteiger partial charge in [-0.15, -0.1) is 0 Å². The number of hydrogen-bond acceptors (Lipinski definition) is 3. The van der Waals surface area contributed by atoms with Crippen LogP contribution >= 0.6 is 0 Å². The second kappa shape index (κ2) is 2.31. The highest BCUT2D eigenvalue weighted by molar-refractivity contribution is 5.80. The molecular formula is C8H6N4. The second-order valence-corrected chi connectivity index (χ2v) is 2.54. The molecular weight excluding hydrogens is 152 g/mol. The van der Waals surface area contributed by atoms with Crippen LogP contribution in [0.15, 0.2) is 12.3 Å². The summed E-state index contributed by atoms with van der Waals surface area (Å²) in [6.07, 6.45) is 1.62. The Labute approximate surface area is 68.9 Å². The van der Waals surface area contributed by atoms with Gasteiger partial charge in [0.1, 0.15) is 11.8 Å². The van der Waals surface area contributed by atoms with E-state index in [-0.39, 0.29) is 0 Å². The maximum absolute atomic E-state index is 8.58. The predicted octanol–water partition coefficient (Wildman–Crippen LogP) is 1.14. The van der Waals surface area contributed by atoms with Crippen molar-refractivity contribution in [3.63, 3.8) is 0 Å². The topological polar surface area (TPSA) is 65.4 Å². The van der Waals surface area contributed by atoms with Crippen molar-refractivity contribution in [2.45, 2.75) is 6.92 Å². The van der Waals surface area contributed by atoms with E-state index < -0.39 is 0 Å². The lowest BCUT2D eigenvalue weighted by atomic mass is 10.2. The van der Waals surface area contributed by atoms with E-state index in [0.717, 1.165) is 16.6 Å². The summed E-state index contributed by atoms with van der Waals surface area (Å²) in [6, 6.07) is 3.71. The lowest BCUT2D eigenvalue weighted by molar-refractivity contribution is 1.07. The third kappa shape index (κ3) is 0.839. The molecule has 0 saturated heterocycles. The van der Waals surface area contributed by atoms with Gasteiger partial charge in [-0.2, -0.15) is 10.4 Å². The smallest absolute Gasteiger partial charge is 0.141 e. The van der Waals surface area contributed by atoms with E-state index in [1.807, 2.05) is 13.0 Å². The number of aromatic amines is 1. The lowest BCUT2D eigenvalue weighted by Gasteiger charge is -1.88. The number of nitrogens with one attached hydrogen (secondary N) is 1. The van der Waals surface area contributed by atoms with Crippen LogP contribution in [-0.4, -0.2) is 15.2 Å². The summed E-state index contributed by atoms with van der Waals surface area (Å²) in [7, 11) is 0. The average molecular weight is 158 g/mol. The molecule has 0 atom stereocenters. The van der Waals surface area contributed by atoms with E-state index in [4.69, 9.17) is 5.26 Å². The lowest BCUT2D eigenvalue weighted by Crippen LogP contribution is -1.80. The Bertz CT molecular complexity index is 463.